The molecule has 2 atom stereocenters. The van der Waals surface area contributed by atoms with Gasteiger partial charge in [0.15, 0.2) is 0 Å². The van der Waals surface area contributed by atoms with Crippen LogP contribution in [0, 0.1) is 12.8 Å². The van der Waals surface area contributed by atoms with Gasteiger partial charge in [0.25, 0.3) is 5.56 Å². The molecule has 0 bridgehead atoms. The van der Waals surface area contributed by atoms with Gasteiger partial charge in [-0.1, -0.05) is 24.3 Å². The van der Waals surface area contributed by atoms with Crippen molar-refractivity contribution in [3.05, 3.63) is 82.8 Å². The summed E-state index contributed by atoms with van der Waals surface area (Å²) in [5, 5.41) is 1.15. The zero-order valence-electron chi connectivity index (χ0n) is 17.4. The molecule has 4 aromatic rings. The lowest BCUT2D eigenvalue weighted by atomic mass is 10.1. The quantitative estimate of drug-likeness (QED) is 0.481. The Hall–Kier alpha value is -3.74. The van der Waals surface area contributed by atoms with E-state index in [-0.39, 0.29) is 5.56 Å². The Morgan fingerprint density at radius 3 is 2.84 bits per heavy atom. The van der Waals surface area contributed by atoms with Crippen LogP contribution in [0.2, 0.25) is 0 Å². The molecule has 0 spiro atoms. The van der Waals surface area contributed by atoms with Crippen LogP contribution in [0.5, 0.6) is 5.88 Å². The first-order valence-corrected chi connectivity index (χ1v) is 10.2. The van der Waals surface area contributed by atoms with Gasteiger partial charge in [-0.2, -0.15) is 9.71 Å². The van der Waals surface area contributed by atoms with Crippen molar-refractivity contribution in [1.29, 1.82) is 0 Å². The summed E-state index contributed by atoms with van der Waals surface area (Å²) in [4.78, 5) is 30.5. The average Bonchev–Trinajstić information content (AvgIpc) is 3.58. The first-order chi connectivity index (χ1) is 15.1. The fraction of sp³-hybridized carbons (Fsp3) is 0.250. The summed E-state index contributed by atoms with van der Waals surface area (Å²) in [5.74, 6) is 1.92. The van der Waals surface area contributed by atoms with Gasteiger partial charge in [0.2, 0.25) is 5.88 Å². The summed E-state index contributed by atoms with van der Waals surface area (Å²) < 4.78 is 7.30. The third-order valence-electron chi connectivity index (χ3n) is 5.62. The van der Waals surface area contributed by atoms with E-state index in [1.807, 2.05) is 25.1 Å². The van der Waals surface area contributed by atoms with E-state index in [0.29, 0.717) is 30.1 Å². The molecule has 31 heavy (non-hydrogen) atoms. The molecule has 1 aliphatic carbocycles. The molecule has 3 heterocycles. The highest BCUT2D eigenvalue weighted by Gasteiger charge is 2.40. The fourth-order valence-corrected chi connectivity index (χ4v) is 3.80. The summed E-state index contributed by atoms with van der Waals surface area (Å²) in [7, 11) is 1.45. The fourth-order valence-electron chi connectivity index (χ4n) is 3.80. The van der Waals surface area contributed by atoms with Crippen molar-refractivity contribution >= 4 is 10.9 Å². The summed E-state index contributed by atoms with van der Waals surface area (Å²) in [6.45, 7) is 2.37. The van der Waals surface area contributed by atoms with E-state index in [9.17, 15) is 4.79 Å². The molecule has 0 radical (unpaired) electrons. The maximum Gasteiger partial charge on any atom is 0.282 e. The van der Waals surface area contributed by atoms with Crippen LogP contribution < -0.4 is 15.1 Å². The maximum atomic E-state index is 11.8. The van der Waals surface area contributed by atoms with Crippen molar-refractivity contribution < 1.29 is 9.57 Å². The second kappa shape index (κ2) is 7.83. The number of pyridine rings is 2. The third kappa shape index (κ3) is 3.86. The van der Waals surface area contributed by atoms with Crippen molar-refractivity contribution in [1.82, 2.24) is 19.7 Å². The zero-order chi connectivity index (χ0) is 21.4. The van der Waals surface area contributed by atoms with Gasteiger partial charge < -0.3 is 9.57 Å². The van der Waals surface area contributed by atoms with Crippen LogP contribution in [-0.4, -0.2) is 33.4 Å². The van der Waals surface area contributed by atoms with Crippen LogP contribution in [0.25, 0.3) is 22.0 Å². The number of benzene rings is 1. The lowest BCUT2D eigenvalue weighted by Gasteiger charge is -2.12. The molecule has 7 nitrogen and oxygen atoms in total. The molecule has 1 aliphatic rings. The Morgan fingerprint density at radius 1 is 1.10 bits per heavy atom. The van der Waals surface area contributed by atoms with Gasteiger partial charge in [0, 0.05) is 40.7 Å². The highest BCUT2D eigenvalue weighted by atomic mass is 16.6. The van der Waals surface area contributed by atoms with Gasteiger partial charge in [-0.15, -0.1) is 0 Å². The largest absolute Gasteiger partial charge is 0.477 e. The average molecular weight is 414 g/mol. The Balaban J connectivity index is 1.34. The van der Waals surface area contributed by atoms with Crippen LogP contribution in [-0.2, 0) is 0 Å². The minimum atomic E-state index is -0.245. The number of rotatable bonds is 6. The minimum absolute atomic E-state index is 0.245. The number of para-hydroxylation sites is 1. The molecule has 0 amide bonds. The molecule has 0 unspecified atom stereocenters. The second-order valence-corrected chi connectivity index (χ2v) is 7.74. The SMILES string of the molecule is COn1cc(-c2cnc(C)nc2OC[C@H]2C[C@@H]2c2ccc3ccccc3n2)ccc1=O. The van der Waals surface area contributed by atoms with Crippen LogP contribution in [0.15, 0.2) is 65.7 Å². The van der Waals surface area contributed by atoms with E-state index in [4.69, 9.17) is 14.6 Å². The van der Waals surface area contributed by atoms with Crippen molar-refractivity contribution in [3.63, 3.8) is 0 Å². The van der Waals surface area contributed by atoms with E-state index >= 15 is 0 Å². The smallest absolute Gasteiger partial charge is 0.282 e. The summed E-state index contributed by atoms with van der Waals surface area (Å²) in [6, 6.07) is 15.6. The van der Waals surface area contributed by atoms with Gasteiger partial charge in [-0.05, 0) is 31.5 Å². The molecule has 156 valence electrons. The van der Waals surface area contributed by atoms with Gasteiger partial charge in [0.05, 0.1) is 23.9 Å². The van der Waals surface area contributed by atoms with Crippen molar-refractivity contribution in [2.24, 2.45) is 5.92 Å². The highest BCUT2D eigenvalue weighted by Crippen LogP contribution is 2.47. The number of ether oxygens (including phenoxy) is 1. The summed E-state index contributed by atoms with van der Waals surface area (Å²) in [6.07, 6.45) is 4.37. The Labute approximate surface area is 179 Å². The molecule has 5 rings (SSSR count). The standard InChI is InChI=1S/C24H22N4O3/c1-15-25-12-20(17-8-10-23(29)28(13-17)30-2)24(26-15)31-14-18-11-19(18)22-9-7-16-5-3-4-6-21(16)27-22/h3-10,12-13,18-19H,11,14H2,1-2H3/t18-,19+/m1/s1. The van der Waals surface area contributed by atoms with E-state index in [0.717, 1.165) is 34.1 Å². The van der Waals surface area contributed by atoms with Gasteiger partial charge in [0.1, 0.15) is 12.9 Å². The molecule has 7 heteroatoms. The molecule has 0 aliphatic heterocycles. The van der Waals surface area contributed by atoms with E-state index in [1.54, 1.807) is 18.5 Å². The van der Waals surface area contributed by atoms with E-state index in [2.05, 4.69) is 28.2 Å². The number of hydrogen-bond donors (Lipinski definition) is 0. The van der Waals surface area contributed by atoms with E-state index < -0.39 is 0 Å². The number of aromatic nitrogens is 4. The molecule has 1 saturated carbocycles. The monoisotopic (exact) mass is 414 g/mol. The highest BCUT2D eigenvalue weighted by molar-refractivity contribution is 5.78. The lowest BCUT2D eigenvalue weighted by Crippen LogP contribution is -2.23. The lowest BCUT2D eigenvalue weighted by molar-refractivity contribution is 0.157. The molecule has 1 aromatic carbocycles. The normalized spacial score (nSPS) is 17.5. The summed E-state index contributed by atoms with van der Waals surface area (Å²) >= 11 is 0. The van der Waals surface area contributed by atoms with Crippen LogP contribution in [0.1, 0.15) is 23.9 Å². The molecule has 0 N–H and O–H groups in total. The van der Waals surface area contributed by atoms with Crippen LogP contribution >= 0.6 is 0 Å². The molecular formula is C24H22N4O3. The number of hydrogen-bond acceptors (Lipinski definition) is 6. The Kier molecular flexibility index (Phi) is 4.86. The number of nitrogens with zero attached hydrogens (tertiary/aromatic N) is 4. The number of fused-ring (bicyclic) bond motifs is 1. The summed E-state index contributed by atoms with van der Waals surface area (Å²) in [5.41, 5.74) is 3.36. The first-order valence-electron chi connectivity index (χ1n) is 10.2. The predicted molar refractivity (Wildman–Crippen MR) is 117 cm³/mol. The minimum Gasteiger partial charge on any atom is -0.477 e. The topological polar surface area (TPSA) is 79.1 Å². The number of aryl methyl sites for hydroxylation is 1. The van der Waals surface area contributed by atoms with Gasteiger partial charge in [-0.3, -0.25) is 9.78 Å². The first kappa shape index (κ1) is 19.2. The molecular weight excluding hydrogens is 392 g/mol. The van der Waals surface area contributed by atoms with Crippen molar-refractivity contribution in [3.8, 4) is 17.0 Å². The molecule has 3 aromatic heterocycles. The molecule has 0 saturated heterocycles. The Morgan fingerprint density at radius 2 is 1.97 bits per heavy atom. The Bertz CT molecular complexity index is 1320. The van der Waals surface area contributed by atoms with Gasteiger partial charge in [-0.25, -0.2) is 4.98 Å². The zero-order valence-corrected chi connectivity index (χ0v) is 17.4. The van der Waals surface area contributed by atoms with Crippen LogP contribution in [0.4, 0.5) is 0 Å². The predicted octanol–water partition coefficient (Wildman–Crippen LogP) is 3.40. The molecule has 1 fully saturated rings. The van der Waals surface area contributed by atoms with Crippen LogP contribution in [0.3, 0.4) is 0 Å². The third-order valence-corrected chi connectivity index (χ3v) is 5.62. The van der Waals surface area contributed by atoms with Crippen molar-refractivity contribution in [2.75, 3.05) is 13.7 Å². The van der Waals surface area contributed by atoms with E-state index in [1.165, 1.54) is 17.9 Å². The van der Waals surface area contributed by atoms with Crippen molar-refractivity contribution in [2.45, 2.75) is 19.3 Å². The van der Waals surface area contributed by atoms with Gasteiger partial charge >= 0.3 is 0 Å². The second-order valence-electron chi connectivity index (χ2n) is 7.74. The maximum absolute atomic E-state index is 11.8.